The molecule has 1 N–H and O–H groups in total. The zero-order chi connectivity index (χ0) is 29.0. The van der Waals surface area contributed by atoms with Crippen molar-refractivity contribution >= 4 is 0 Å². The maximum Gasteiger partial charge on any atom is 0.0543 e. The molecule has 4 aliphatic rings. The van der Waals surface area contributed by atoms with Crippen LogP contribution >= 0.6 is 0 Å². The molecule has 0 amide bonds. The van der Waals surface area contributed by atoms with Gasteiger partial charge in [0, 0.05) is 13.2 Å². The van der Waals surface area contributed by atoms with Crippen LogP contribution in [-0.2, 0) is 4.74 Å². The number of aliphatic hydroxyl groups excluding tert-OH is 1. The molecule has 0 aromatic heterocycles. The second-order valence-electron chi connectivity index (χ2n) is 16.6. The number of rotatable bonds is 15. The fourth-order valence-corrected chi connectivity index (χ4v) is 12.0. The van der Waals surface area contributed by atoms with Crippen molar-refractivity contribution in [2.45, 2.75) is 170 Å². The van der Waals surface area contributed by atoms with E-state index in [4.69, 9.17) is 4.74 Å². The molecule has 0 aliphatic heterocycles. The third-order valence-corrected chi connectivity index (χ3v) is 14.2. The minimum Gasteiger partial charge on any atom is -0.393 e. The summed E-state index contributed by atoms with van der Waals surface area (Å²) in [6.07, 6.45) is 24.1. The molecule has 2 nitrogen and oxygen atoms in total. The Morgan fingerprint density at radius 1 is 0.725 bits per heavy atom. The molecule has 0 heterocycles. The average Bonchev–Trinajstić information content (AvgIpc) is 3.24. The molecule has 4 fully saturated rings. The minimum atomic E-state index is -0.0320. The fourth-order valence-electron chi connectivity index (χ4n) is 12.0. The molecule has 4 saturated carbocycles. The summed E-state index contributed by atoms with van der Waals surface area (Å²) < 4.78 is 6.13. The van der Waals surface area contributed by atoms with Gasteiger partial charge in [0.05, 0.1) is 6.10 Å². The molecule has 0 aromatic rings. The average molecular weight is 559 g/mol. The van der Waals surface area contributed by atoms with Gasteiger partial charge in [-0.1, -0.05) is 87.0 Å². The van der Waals surface area contributed by atoms with Crippen LogP contribution in [0.3, 0.4) is 0 Å². The molecule has 0 spiro atoms. The Morgan fingerprint density at radius 2 is 1.43 bits per heavy atom. The third kappa shape index (κ3) is 6.39. The van der Waals surface area contributed by atoms with Gasteiger partial charge in [-0.2, -0.15) is 0 Å². The van der Waals surface area contributed by atoms with Gasteiger partial charge >= 0.3 is 0 Å². The standard InChI is InChI=1S/C38H70O2/c1-8-9-10-11-25-40-26-13-16-30(5)38(29(4)15-12-14-28(2)3)24-21-35-33-18-17-31-27-32(39)19-22-36(31,6)34(33)20-23-37(35,38)7/h28-35,39H,8-27H2,1-7H3/t29-,30?,31-,32-,33-,34+,35+,36+,37+,38+/m1/s1. The van der Waals surface area contributed by atoms with E-state index in [0.29, 0.717) is 16.2 Å². The highest BCUT2D eigenvalue weighted by atomic mass is 16.5. The highest BCUT2D eigenvalue weighted by Crippen LogP contribution is 2.74. The lowest BCUT2D eigenvalue weighted by molar-refractivity contribution is -0.156. The fraction of sp³-hybridized carbons (Fsp3) is 1.00. The molecular weight excluding hydrogens is 488 g/mol. The lowest BCUT2D eigenvalue weighted by atomic mass is 9.41. The highest BCUT2D eigenvalue weighted by molar-refractivity contribution is 5.15. The number of fused-ring (bicyclic) bond motifs is 5. The minimum absolute atomic E-state index is 0.0320. The topological polar surface area (TPSA) is 29.5 Å². The van der Waals surface area contributed by atoms with Crippen LogP contribution in [0.1, 0.15) is 164 Å². The molecule has 234 valence electrons. The van der Waals surface area contributed by atoms with Crippen molar-refractivity contribution in [3.05, 3.63) is 0 Å². The first-order valence-electron chi connectivity index (χ1n) is 18.4. The summed E-state index contributed by atoms with van der Waals surface area (Å²) in [7, 11) is 0. The van der Waals surface area contributed by atoms with E-state index in [1.165, 1.54) is 103 Å². The van der Waals surface area contributed by atoms with Crippen LogP contribution in [0.15, 0.2) is 0 Å². The Balaban J connectivity index is 1.48. The molecule has 0 radical (unpaired) electrons. The summed E-state index contributed by atoms with van der Waals surface area (Å²) >= 11 is 0. The normalized spacial score (nSPS) is 40.9. The Hall–Kier alpha value is -0.0800. The van der Waals surface area contributed by atoms with Gasteiger partial charge in [0.1, 0.15) is 0 Å². The first-order valence-corrected chi connectivity index (χ1v) is 18.4. The van der Waals surface area contributed by atoms with E-state index < -0.39 is 0 Å². The van der Waals surface area contributed by atoms with Crippen LogP contribution in [0.2, 0.25) is 0 Å². The van der Waals surface area contributed by atoms with Gasteiger partial charge in [-0.3, -0.25) is 0 Å². The number of ether oxygens (including phenoxy) is 1. The second kappa shape index (κ2) is 14.1. The summed E-state index contributed by atoms with van der Waals surface area (Å²) in [5.74, 6) is 5.94. The van der Waals surface area contributed by atoms with Crippen molar-refractivity contribution in [2.24, 2.45) is 57.7 Å². The quantitative estimate of drug-likeness (QED) is 0.203. The Labute approximate surface area is 250 Å². The van der Waals surface area contributed by atoms with Crippen molar-refractivity contribution in [2.75, 3.05) is 13.2 Å². The van der Waals surface area contributed by atoms with Crippen molar-refractivity contribution in [3.63, 3.8) is 0 Å². The van der Waals surface area contributed by atoms with Crippen LogP contribution in [0.5, 0.6) is 0 Å². The molecule has 0 bridgehead atoms. The SMILES string of the molecule is CCCCCCOCCCC(C)[C@@]1([C@H](C)CCCC(C)C)CC[C@H]2[C@@H]3CC[C@@H]4C[C@H](O)CC[C@]4(C)[C@H]3CC[C@@]21C. The molecule has 4 rings (SSSR count). The summed E-state index contributed by atoms with van der Waals surface area (Å²) in [6.45, 7) is 19.8. The van der Waals surface area contributed by atoms with Gasteiger partial charge in [-0.25, -0.2) is 0 Å². The first kappa shape index (κ1) is 32.8. The number of hydrogen-bond donors (Lipinski definition) is 1. The third-order valence-electron chi connectivity index (χ3n) is 14.2. The van der Waals surface area contributed by atoms with E-state index in [0.717, 1.165) is 67.5 Å². The summed E-state index contributed by atoms with van der Waals surface area (Å²) in [5, 5.41) is 10.5. The van der Waals surface area contributed by atoms with E-state index in [1.54, 1.807) is 0 Å². The summed E-state index contributed by atoms with van der Waals surface area (Å²) in [5.41, 5.74) is 1.46. The van der Waals surface area contributed by atoms with Crippen LogP contribution in [0.4, 0.5) is 0 Å². The maximum absolute atomic E-state index is 10.5. The molecule has 40 heavy (non-hydrogen) atoms. The van der Waals surface area contributed by atoms with Gasteiger partial charge in [-0.15, -0.1) is 0 Å². The number of aliphatic hydroxyl groups is 1. The molecule has 4 aliphatic carbocycles. The van der Waals surface area contributed by atoms with Gasteiger partial charge in [0.2, 0.25) is 0 Å². The van der Waals surface area contributed by atoms with E-state index in [2.05, 4.69) is 48.5 Å². The smallest absolute Gasteiger partial charge is 0.0543 e. The van der Waals surface area contributed by atoms with Crippen molar-refractivity contribution in [3.8, 4) is 0 Å². The molecular formula is C38H70O2. The molecule has 2 heteroatoms. The van der Waals surface area contributed by atoms with Crippen LogP contribution in [0.25, 0.3) is 0 Å². The predicted octanol–water partition coefficient (Wildman–Crippen LogP) is 10.9. The highest BCUT2D eigenvalue weighted by Gasteiger charge is 2.66. The Kier molecular flexibility index (Phi) is 11.6. The lowest BCUT2D eigenvalue weighted by Crippen LogP contribution is -2.57. The summed E-state index contributed by atoms with van der Waals surface area (Å²) in [4.78, 5) is 0. The molecule has 1 unspecified atom stereocenters. The van der Waals surface area contributed by atoms with Crippen molar-refractivity contribution < 1.29 is 9.84 Å². The first-order chi connectivity index (χ1) is 19.1. The van der Waals surface area contributed by atoms with Crippen molar-refractivity contribution in [1.82, 2.24) is 0 Å². The van der Waals surface area contributed by atoms with E-state index >= 15 is 0 Å². The zero-order valence-electron chi connectivity index (χ0n) is 28.1. The number of hydrogen-bond acceptors (Lipinski definition) is 2. The largest absolute Gasteiger partial charge is 0.393 e. The maximum atomic E-state index is 10.5. The second-order valence-corrected chi connectivity index (χ2v) is 16.6. The molecule has 10 atom stereocenters. The van der Waals surface area contributed by atoms with Gasteiger partial charge in [0.25, 0.3) is 0 Å². The van der Waals surface area contributed by atoms with Crippen molar-refractivity contribution in [1.29, 1.82) is 0 Å². The van der Waals surface area contributed by atoms with E-state index in [-0.39, 0.29) is 6.10 Å². The monoisotopic (exact) mass is 559 g/mol. The summed E-state index contributed by atoms with van der Waals surface area (Å²) in [6, 6.07) is 0. The van der Waals surface area contributed by atoms with Crippen LogP contribution in [0, 0.1) is 57.7 Å². The van der Waals surface area contributed by atoms with Gasteiger partial charge < -0.3 is 9.84 Å². The Bertz CT molecular complexity index is 763. The lowest BCUT2D eigenvalue weighted by Gasteiger charge is -2.64. The molecule has 0 saturated heterocycles. The van der Waals surface area contributed by atoms with Gasteiger partial charge in [0.15, 0.2) is 0 Å². The predicted molar refractivity (Wildman–Crippen MR) is 171 cm³/mol. The Morgan fingerprint density at radius 3 is 2.15 bits per heavy atom. The zero-order valence-corrected chi connectivity index (χ0v) is 28.1. The van der Waals surface area contributed by atoms with Crippen LogP contribution < -0.4 is 0 Å². The van der Waals surface area contributed by atoms with Crippen LogP contribution in [-0.4, -0.2) is 24.4 Å². The number of unbranched alkanes of at least 4 members (excludes halogenated alkanes) is 3. The van der Waals surface area contributed by atoms with E-state index in [9.17, 15) is 5.11 Å². The molecule has 0 aromatic carbocycles. The van der Waals surface area contributed by atoms with E-state index in [1.807, 2.05) is 0 Å². The van der Waals surface area contributed by atoms with Gasteiger partial charge in [-0.05, 0) is 135 Å².